The van der Waals surface area contributed by atoms with Crippen LogP contribution in [0.15, 0.2) is 189 Å². The van der Waals surface area contributed by atoms with Gasteiger partial charge in [0.1, 0.15) is 25.3 Å². The minimum atomic E-state index is 0.556. The van der Waals surface area contributed by atoms with Crippen LogP contribution in [0.2, 0.25) is 0 Å². The van der Waals surface area contributed by atoms with Gasteiger partial charge >= 0.3 is 0 Å². The van der Waals surface area contributed by atoms with Crippen molar-refractivity contribution in [1.29, 1.82) is 0 Å². The van der Waals surface area contributed by atoms with Crippen LogP contribution >= 0.6 is 0 Å². The molecule has 0 aliphatic carbocycles. The van der Waals surface area contributed by atoms with E-state index in [1.807, 2.05) is 66.7 Å². The third kappa shape index (κ3) is 5.95. The average molecular weight is 798 g/mol. The summed E-state index contributed by atoms with van der Waals surface area (Å²) in [7, 11) is 0. The van der Waals surface area contributed by atoms with Gasteiger partial charge in [0.05, 0.1) is 22.1 Å². The minimum Gasteiger partial charge on any atom is -0.309 e. The summed E-state index contributed by atoms with van der Waals surface area (Å²) >= 11 is 0. The fourth-order valence-corrected chi connectivity index (χ4v) is 8.47. The summed E-state index contributed by atoms with van der Waals surface area (Å²) in [4.78, 5) is 41.1. The number of hydrogen-bond donors (Lipinski definition) is 0. The Morgan fingerprint density at radius 3 is 1.24 bits per heavy atom. The molecule has 290 valence electrons. The van der Waals surface area contributed by atoms with Crippen molar-refractivity contribution in [3.63, 3.8) is 0 Å². The van der Waals surface area contributed by atoms with Gasteiger partial charge in [-0.25, -0.2) is 34.9 Å². The summed E-state index contributed by atoms with van der Waals surface area (Å²) in [5.74, 6) is 2.90. The molecule has 0 saturated carbocycles. The molecule has 0 amide bonds. The summed E-state index contributed by atoms with van der Waals surface area (Å²) in [5.41, 5.74) is 10.7. The fraction of sp³-hybridized carbons (Fsp3) is 0. The molecular formula is C51H31N11. The van der Waals surface area contributed by atoms with Crippen molar-refractivity contribution in [3.05, 3.63) is 189 Å². The molecule has 0 bridgehead atoms. The molecular weight excluding hydrogens is 767 g/mol. The van der Waals surface area contributed by atoms with E-state index >= 15 is 0 Å². The molecule has 5 heterocycles. The predicted octanol–water partition coefficient (Wildman–Crippen LogP) is 10.8. The molecule has 0 atom stereocenters. The molecule has 0 aliphatic rings. The van der Waals surface area contributed by atoms with Crippen molar-refractivity contribution in [2.24, 2.45) is 0 Å². The molecule has 0 radical (unpaired) electrons. The van der Waals surface area contributed by atoms with E-state index in [4.69, 9.17) is 15.0 Å². The summed E-state index contributed by atoms with van der Waals surface area (Å²) in [6.07, 6.45) is 6.02. The first kappa shape index (κ1) is 35.1. The van der Waals surface area contributed by atoms with Crippen LogP contribution in [0, 0.1) is 0 Å². The van der Waals surface area contributed by atoms with E-state index in [0.717, 1.165) is 82.7 Å². The van der Waals surface area contributed by atoms with Gasteiger partial charge in [-0.15, -0.1) is 0 Å². The largest absolute Gasteiger partial charge is 0.309 e. The molecule has 62 heavy (non-hydrogen) atoms. The molecule has 12 aromatic rings. The third-order valence-corrected chi connectivity index (χ3v) is 11.2. The number of hydrogen-bond acceptors (Lipinski definition) is 9. The second-order valence-corrected chi connectivity index (χ2v) is 14.9. The number of benzene rings is 7. The Morgan fingerprint density at radius 1 is 0.290 bits per heavy atom. The average Bonchev–Trinajstić information content (AvgIpc) is 3.87. The lowest BCUT2D eigenvalue weighted by Crippen LogP contribution is -2.06. The maximum Gasteiger partial charge on any atom is 0.238 e. The van der Waals surface area contributed by atoms with Crippen molar-refractivity contribution in [2.45, 2.75) is 0 Å². The molecule has 12 rings (SSSR count). The normalized spacial score (nSPS) is 11.5. The minimum absolute atomic E-state index is 0.556. The topological polar surface area (TPSA) is 126 Å². The Balaban J connectivity index is 1.02. The first-order valence-corrected chi connectivity index (χ1v) is 20.1. The van der Waals surface area contributed by atoms with Gasteiger partial charge in [0.15, 0.2) is 23.3 Å². The van der Waals surface area contributed by atoms with Crippen LogP contribution < -0.4 is 0 Å². The monoisotopic (exact) mass is 797 g/mol. The van der Waals surface area contributed by atoms with E-state index < -0.39 is 0 Å². The Hall–Kier alpha value is -8.83. The van der Waals surface area contributed by atoms with Gasteiger partial charge in [0.2, 0.25) is 5.95 Å². The number of nitrogens with zero attached hydrogens (tertiary/aromatic N) is 11. The summed E-state index contributed by atoms with van der Waals surface area (Å²) in [6, 6.07) is 56.6. The summed E-state index contributed by atoms with van der Waals surface area (Å²) < 4.78 is 4.44. The van der Waals surface area contributed by atoms with Crippen LogP contribution in [0.4, 0.5) is 0 Å². The maximum absolute atomic E-state index is 5.11. The molecule has 5 aromatic heterocycles. The van der Waals surface area contributed by atoms with E-state index in [9.17, 15) is 0 Å². The number of rotatable bonds is 7. The zero-order valence-corrected chi connectivity index (χ0v) is 32.8. The smallest absolute Gasteiger partial charge is 0.238 e. The predicted molar refractivity (Wildman–Crippen MR) is 242 cm³/mol. The van der Waals surface area contributed by atoms with Gasteiger partial charge in [0, 0.05) is 49.5 Å². The lowest BCUT2D eigenvalue weighted by atomic mass is 10.0. The van der Waals surface area contributed by atoms with Gasteiger partial charge < -0.3 is 4.57 Å². The van der Waals surface area contributed by atoms with E-state index in [1.54, 1.807) is 0 Å². The molecule has 0 saturated heterocycles. The molecule has 0 N–H and O–H groups in total. The molecule has 0 aliphatic heterocycles. The van der Waals surface area contributed by atoms with Gasteiger partial charge in [-0.1, -0.05) is 109 Å². The number of fused-ring (bicyclic) bond motifs is 6. The van der Waals surface area contributed by atoms with Crippen LogP contribution in [0.1, 0.15) is 0 Å². The van der Waals surface area contributed by atoms with Gasteiger partial charge in [-0.2, -0.15) is 9.97 Å². The highest BCUT2D eigenvalue weighted by molar-refractivity contribution is 6.12. The van der Waals surface area contributed by atoms with Gasteiger partial charge in [-0.3, -0.25) is 4.57 Å². The lowest BCUT2D eigenvalue weighted by molar-refractivity contribution is 0.953. The Kier molecular flexibility index (Phi) is 8.20. The molecule has 11 nitrogen and oxygen atoms in total. The van der Waals surface area contributed by atoms with Crippen molar-refractivity contribution in [2.75, 3.05) is 0 Å². The van der Waals surface area contributed by atoms with Crippen LogP contribution in [0.3, 0.4) is 0 Å². The fourth-order valence-electron chi connectivity index (χ4n) is 8.47. The van der Waals surface area contributed by atoms with Crippen molar-refractivity contribution in [3.8, 4) is 68.3 Å². The van der Waals surface area contributed by atoms with Crippen molar-refractivity contribution < 1.29 is 0 Å². The molecule has 11 heteroatoms. The lowest BCUT2D eigenvalue weighted by Gasteiger charge is -2.12. The highest BCUT2D eigenvalue weighted by atomic mass is 15.2. The van der Waals surface area contributed by atoms with E-state index in [2.05, 4.69) is 136 Å². The van der Waals surface area contributed by atoms with E-state index in [1.165, 1.54) is 25.3 Å². The first-order valence-electron chi connectivity index (χ1n) is 20.1. The zero-order chi connectivity index (χ0) is 41.0. The highest BCUT2D eigenvalue weighted by Gasteiger charge is 2.20. The Bertz CT molecular complexity index is 3270. The molecule has 7 aromatic carbocycles. The van der Waals surface area contributed by atoms with Gasteiger partial charge in [-0.05, 0) is 65.7 Å². The Labute approximate surface area is 353 Å². The SMILES string of the molecule is c1ccc(-c2nc(-c3ccccc3)nc(-n3c4ccccc4c4cc(-c5ccc6c(c5)c5ccccc5n6-c5cc(-c6ncncn6)cc(-c6ncncn6)c5)ccc43)n2)cc1. The van der Waals surface area contributed by atoms with E-state index in [0.29, 0.717) is 29.2 Å². The van der Waals surface area contributed by atoms with Crippen LogP contribution in [0.5, 0.6) is 0 Å². The summed E-state index contributed by atoms with van der Waals surface area (Å²) in [5, 5.41) is 4.47. The van der Waals surface area contributed by atoms with Crippen LogP contribution in [0.25, 0.3) is 112 Å². The second-order valence-electron chi connectivity index (χ2n) is 14.9. The van der Waals surface area contributed by atoms with Gasteiger partial charge in [0.25, 0.3) is 0 Å². The third-order valence-electron chi connectivity index (χ3n) is 11.2. The Morgan fingerprint density at radius 2 is 0.726 bits per heavy atom. The molecule has 0 fully saturated rings. The summed E-state index contributed by atoms with van der Waals surface area (Å²) in [6.45, 7) is 0. The quantitative estimate of drug-likeness (QED) is 0.155. The molecule has 0 spiro atoms. The maximum atomic E-state index is 5.11. The van der Waals surface area contributed by atoms with Crippen molar-refractivity contribution >= 4 is 43.6 Å². The molecule has 0 unspecified atom stereocenters. The highest BCUT2D eigenvalue weighted by Crippen LogP contribution is 2.39. The second kappa shape index (κ2) is 14.5. The van der Waals surface area contributed by atoms with Crippen molar-refractivity contribution in [1.82, 2.24) is 54.0 Å². The van der Waals surface area contributed by atoms with E-state index in [-0.39, 0.29) is 0 Å². The standard InChI is InChI=1S/C51H31N11/c1-3-11-32(12-4-1)49-58-50(33-13-5-2-6-14-33)60-51(59-49)62-44-18-10-8-16-40(44)42-27-35(20-22-46(42)62)34-19-21-45-41(26-34)39-15-7-9-17-43(39)61(45)38-24-36(47-54-28-52-29-55-47)23-37(25-38)48-56-30-53-31-57-48/h1-31H. The number of para-hydroxylation sites is 2. The number of aromatic nitrogens is 11. The zero-order valence-electron chi connectivity index (χ0n) is 32.8. The van der Waals surface area contributed by atoms with Crippen LogP contribution in [-0.2, 0) is 0 Å². The van der Waals surface area contributed by atoms with Crippen LogP contribution in [-0.4, -0.2) is 54.0 Å². The first-order chi connectivity index (χ1) is 30.7.